The van der Waals surface area contributed by atoms with Crippen molar-refractivity contribution in [1.29, 1.82) is 0 Å². The molecule has 0 spiro atoms. The van der Waals surface area contributed by atoms with E-state index in [1.165, 1.54) is 0 Å². The van der Waals surface area contributed by atoms with Gasteiger partial charge in [-0.15, -0.1) is 5.73 Å². The fourth-order valence-electron chi connectivity index (χ4n) is 0.455. The zero-order valence-electron chi connectivity index (χ0n) is 6.32. The quantitative estimate of drug-likeness (QED) is 0.350. The lowest BCUT2D eigenvalue weighted by Gasteiger charge is -1.83. The number of alkyl halides is 1. The summed E-state index contributed by atoms with van der Waals surface area (Å²) in [5.41, 5.74) is 4.20. The van der Waals surface area contributed by atoms with Gasteiger partial charge in [0.05, 0.1) is 0 Å². The molecule has 0 saturated carbocycles. The molecule has 0 fully saturated rings. The Hall–Kier alpha value is -0.210. The van der Waals surface area contributed by atoms with E-state index in [1.807, 2.05) is 14.0 Å². The zero-order chi connectivity index (χ0) is 7.82. The van der Waals surface area contributed by atoms with Gasteiger partial charge >= 0.3 is 0 Å². The Kier molecular flexibility index (Phi) is 6.76. The van der Waals surface area contributed by atoms with E-state index in [-0.39, 0.29) is 0 Å². The van der Waals surface area contributed by atoms with E-state index in [1.54, 1.807) is 6.20 Å². The second-order valence-corrected chi connectivity index (χ2v) is 2.70. The van der Waals surface area contributed by atoms with Crippen molar-refractivity contribution in [2.24, 2.45) is 0 Å². The van der Waals surface area contributed by atoms with Crippen LogP contribution in [0.2, 0.25) is 0 Å². The molecule has 0 radical (unpaired) electrons. The molecular formula is C8H12IN. The number of hydrogen-bond acceptors (Lipinski definition) is 1. The molecule has 0 heterocycles. The Morgan fingerprint density at radius 3 is 2.90 bits per heavy atom. The van der Waals surface area contributed by atoms with Gasteiger partial charge in [0.15, 0.2) is 0 Å². The van der Waals surface area contributed by atoms with Crippen LogP contribution in [-0.4, -0.2) is 11.5 Å². The van der Waals surface area contributed by atoms with Gasteiger partial charge in [-0.1, -0.05) is 34.7 Å². The predicted octanol–water partition coefficient (Wildman–Crippen LogP) is 2.26. The summed E-state index contributed by atoms with van der Waals surface area (Å²) in [6, 6.07) is 0. The van der Waals surface area contributed by atoms with Gasteiger partial charge in [-0.2, -0.15) is 0 Å². The first-order valence-electron chi connectivity index (χ1n) is 3.12. The van der Waals surface area contributed by atoms with E-state index in [0.29, 0.717) is 0 Å². The number of halogens is 1. The number of rotatable bonds is 3. The third-order valence-electron chi connectivity index (χ3n) is 0.901. The average molecular weight is 249 g/mol. The van der Waals surface area contributed by atoms with Gasteiger partial charge in [0.2, 0.25) is 0 Å². The predicted molar refractivity (Wildman–Crippen MR) is 54.4 cm³/mol. The van der Waals surface area contributed by atoms with Gasteiger partial charge in [-0.3, -0.25) is 0 Å². The lowest BCUT2D eigenvalue weighted by Crippen LogP contribution is -1.89. The molecule has 56 valence electrons. The van der Waals surface area contributed by atoms with Crippen molar-refractivity contribution in [3.05, 3.63) is 29.7 Å². The van der Waals surface area contributed by atoms with Crippen LogP contribution in [0.3, 0.4) is 0 Å². The summed E-state index contributed by atoms with van der Waals surface area (Å²) in [4.78, 5) is 0. The molecule has 0 aliphatic heterocycles. The first-order valence-corrected chi connectivity index (χ1v) is 4.65. The number of nitrogens with one attached hydrogen (secondary N) is 1. The standard InChI is InChI=1S/C8H12IN/c1-8(4-3-6-9)5-7-10-2/h3-4,7,10H,6H2,1-2H3/b4-3-. The Morgan fingerprint density at radius 1 is 1.70 bits per heavy atom. The van der Waals surface area contributed by atoms with Crippen LogP contribution in [0.25, 0.3) is 0 Å². The molecule has 0 aliphatic carbocycles. The van der Waals surface area contributed by atoms with E-state index in [4.69, 9.17) is 0 Å². The molecule has 0 aromatic rings. The monoisotopic (exact) mass is 249 g/mol. The first kappa shape index (κ1) is 9.79. The summed E-state index contributed by atoms with van der Waals surface area (Å²) in [5, 5.41) is 2.88. The van der Waals surface area contributed by atoms with Crippen LogP contribution in [0.15, 0.2) is 29.7 Å². The topological polar surface area (TPSA) is 12.0 Å². The van der Waals surface area contributed by atoms with Crippen LogP contribution in [0, 0.1) is 0 Å². The fraction of sp³-hybridized carbons (Fsp3) is 0.375. The molecule has 0 atom stereocenters. The van der Waals surface area contributed by atoms with Gasteiger partial charge < -0.3 is 5.32 Å². The molecular weight excluding hydrogens is 237 g/mol. The lowest BCUT2D eigenvalue weighted by atomic mass is 10.3. The molecule has 0 aromatic carbocycles. The maximum atomic E-state index is 3.06. The highest BCUT2D eigenvalue weighted by Crippen LogP contribution is 1.92. The minimum absolute atomic E-state index is 1.05. The highest BCUT2D eigenvalue weighted by molar-refractivity contribution is 14.1. The molecule has 0 rings (SSSR count). The highest BCUT2D eigenvalue weighted by atomic mass is 127. The van der Waals surface area contributed by atoms with Crippen molar-refractivity contribution in [2.45, 2.75) is 6.92 Å². The summed E-state index contributed by atoms with van der Waals surface area (Å²) in [7, 11) is 1.86. The van der Waals surface area contributed by atoms with Crippen LogP contribution in [0.5, 0.6) is 0 Å². The Bertz CT molecular complexity index is 164. The second-order valence-electron chi connectivity index (χ2n) is 1.82. The summed E-state index contributed by atoms with van der Waals surface area (Å²) in [5.74, 6) is 0. The van der Waals surface area contributed by atoms with Crippen LogP contribution in [0.1, 0.15) is 6.92 Å². The van der Waals surface area contributed by atoms with Crippen molar-refractivity contribution in [3.8, 4) is 0 Å². The summed E-state index contributed by atoms with van der Waals surface area (Å²) >= 11 is 2.30. The van der Waals surface area contributed by atoms with Gasteiger partial charge in [0, 0.05) is 17.7 Å². The summed E-state index contributed by atoms with van der Waals surface area (Å²) in [6.45, 7) is 2.02. The highest BCUT2D eigenvalue weighted by Gasteiger charge is 1.73. The molecule has 0 bridgehead atoms. The van der Waals surface area contributed by atoms with Gasteiger partial charge in [-0.05, 0) is 12.5 Å². The van der Waals surface area contributed by atoms with E-state index in [2.05, 4.69) is 45.8 Å². The van der Waals surface area contributed by atoms with E-state index < -0.39 is 0 Å². The molecule has 0 saturated heterocycles. The molecule has 0 unspecified atom stereocenters. The third kappa shape index (κ3) is 5.92. The van der Waals surface area contributed by atoms with Crippen molar-refractivity contribution in [2.75, 3.05) is 11.5 Å². The minimum atomic E-state index is 1.05. The van der Waals surface area contributed by atoms with Crippen molar-refractivity contribution in [3.63, 3.8) is 0 Å². The average Bonchev–Trinajstić information content (AvgIpc) is 1.97. The fourth-order valence-corrected chi connectivity index (χ4v) is 0.710. The second kappa shape index (κ2) is 6.90. The number of allylic oxidation sites excluding steroid dienone is 3. The molecule has 2 heteroatoms. The molecule has 10 heavy (non-hydrogen) atoms. The smallest absolute Gasteiger partial charge is 0.0397 e. The van der Waals surface area contributed by atoms with E-state index in [0.717, 1.165) is 10.0 Å². The van der Waals surface area contributed by atoms with Crippen LogP contribution in [-0.2, 0) is 0 Å². The zero-order valence-corrected chi connectivity index (χ0v) is 8.47. The lowest BCUT2D eigenvalue weighted by molar-refractivity contribution is 1.10. The van der Waals surface area contributed by atoms with Crippen molar-refractivity contribution in [1.82, 2.24) is 5.32 Å². The van der Waals surface area contributed by atoms with Crippen molar-refractivity contribution >= 4 is 22.6 Å². The van der Waals surface area contributed by atoms with Crippen molar-refractivity contribution < 1.29 is 0 Å². The minimum Gasteiger partial charge on any atom is -0.388 e. The molecule has 1 nitrogen and oxygen atoms in total. The SMILES string of the molecule is CNC=C=C(C)/C=C\CI. The molecule has 0 aromatic heterocycles. The molecule has 0 amide bonds. The largest absolute Gasteiger partial charge is 0.388 e. The molecule has 0 aliphatic rings. The maximum Gasteiger partial charge on any atom is 0.0397 e. The third-order valence-corrected chi connectivity index (χ3v) is 1.41. The van der Waals surface area contributed by atoms with Crippen LogP contribution in [0.4, 0.5) is 0 Å². The first-order chi connectivity index (χ1) is 4.81. The Balaban J connectivity index is 3.93. The van der Waals surface area contributed by atoms with E-state index in [9.17, 15) is 0 Å². The van der Waals surface area contributed by atoms with Gasteiger partial charge in [0.25, 0.3) is 0 Å². The summed E-state index contributed by atoms with van der Waals surface area (Å²) in [6.07, 6.45) is 5.96. The normalized spacial score (nSPS) is 9.10. The summed E-state index contributed by atoms with van der Waals surface area (Å²) < 4.78 is 1.05. The Labute approximate surface area is 76.0 Å². The van der Waals surface area contributed by atoms with Crippen LogP contribution >= 0.6 is 22.6 Å². The maximum absolute atomic E-state index is 3.06. The number of hydrogen-bond donors (Lipinski definition) is 1. The van der Waals surface area contributed by atoms with Gasteiger partial charge in [0.1, 0.15) is 0 Å². The molecule has 1 N–H and O–H groups in total. The van der Waals surface area contributed by atoms with E-state index >= 15 is 0 Å². The van der Waals surface area contributed by atoms with Gasteiger partial charge in [-0.25, -0.2) is 0 Å². The van der Waals surface area contributed by atoms with Crippen LogP contribution < -0.4 is 5.32 Å². The Morgan fingerprint density at radius 2 is 2.40 bits per heavy atom.